The number of benzene rings is 1. The molecule has 1 aromatic rings. The van der Waals surface area contributed by atoms with Crippen LogP contribution in [-0.4, -0.2) is 22.2 Å². The summed E-state index contributed by atoms with van der Waals surface area (Å²) in [5.74, 6) is -1.65. The summed E-state index contributed by atoms with van der Waals surface area (Å²) in [5.41, 5.74) is 4.39. The highest BCUT2D eigenvalue weighted by Gasteiger charge is 2.21. The number of aryl methyl sites for hydroxylation is 1. The number of aliphatic carboxylic acids is 2. The third-order valence-corrected chi connectivity index (χ3v) is 4.11. The number of allylic oxidation sites excluding steroid dienone is 1. The van der Waals surface area contributed by atoms with Gasteiger partial charge in [-0.25, -0.2) is 4.79 Å². The summed E-state index contributed by atoms with van der Waals surface area (Å²) in [6.07, 6.45) is 3.89. The van der Waals surface area contributed by atoms with Crippen molar-refractivity contribution >= 4 is 17.5 Å². The van der Waals surface area contributed by atoms with Gasteiger partial charge in [-0.15, -0.1) is 0 Å². The lowest BCUT2D eigenvalue weighted by Crippen LogP contribution is -2.10. The van der Waals surface area contributed by atoms with Crippen molar-refractivity contribution in [2.75, 3.05) is 0 Å². The Hall–Kier alpha value is -2.10. The van der Waals surface area contributed by atoms with E-state index in [1.54, 1.807) is 0 Å². The molecule has 0 aliphatic heterocycles. The Morgan fingerprint density at radius 1 is 1.14 bits per heavy atom. The van der Waals surface area contributed by atoms with Gasteiger partial charge in [-0.1, -0.05) is 18.2 Å². The van der Waals surface area contributed by atoms with Gasteiger partial charge in [-0.05, 0) is 61.3 Å². The van der Waals surface area contributed by atoms with Crippen LogP contribution in [0.2, 0.25) is 0 Å². The number of carboxylic acids is 2. The Kier molecular flexibility index (Phi) is 4.78. The van der Waals surface area contributed by atoms with Crippen LogP contribution in [0.3, 0.4) is 0 Å². The minimum atomic E-state index is -0.833. The molecule has 0 spiro atoms. The van der Waals surface area contributed by atoms with Crippen LogP contribution in [-0.2, 0) is 16.0 Å². The second-order valence-corrected chi connectivity index (χ2v) is 5.45. The first-order valence-electron chi connectivity index (χ1n) is 7.26. The summed E-state index contributed by atoms with van der Waals surface area (Å²) in [6, 6.07) is 5.76. The van der Waals surface area contributed by atoms with Crippen molar-refractivity contribution in [2.24, 2.45) is 0 Å². The van der Waals surface area contributed by atoms with E-state index in [9.17, 15) is 14.7 Å². The van der Waals surface area contributed by atoms with E-state index in [-0.39, 0.29) is 6.42 Å². The number of carbonyl (C=O) groups is 2. The van der Waals surface area contributed by atoms with E-state index in [4.69, 9.17) is 5.11 Å². The molecule has 1 aromatic carbocycles. The lowest BCUT2D eigenvalue weighted by atomic mass is 9.84. The van der Waals surface area contributed by atoms with Crippen molar-refractivity contribution in [3.05, 3.63) is 40.5 Å². The predicted octanol–water partition coefficient (Wildman–Crippen LogP) is 3.42. The molecule has 2 rings (SSSR count). The topological polar surface area (TPSA) is 74.6 Å². The Morgan fingerprint density at radius 2 is 1.86 bits per heavy atom. The second kappa shape index (κ2) is 6.57. The first-order valence-corrected chi connectivity index (χ1v) is 7.26. The number of hydrogen-bond acceptors (Lipinski definition) is 2. The zero-order valence-corrected chi connectivity index (χ0v) is 12.2. The van der Waals surface area contributed by atoms with Crippen LogP contribution in [0.15, 0.2) is 23.8 Å². The van der Waals surface area contributed by atoms with Crippen LogP contribution in [0, 0.1) is 6.92 Å². The quantitative estimate of drug-likeness (QED) is 0.870. The maximum Gasteiger partial charge on any atom is 0.331 e. The summed E-state index contributed by atoms with van der Waals surface area (Å²) >= 11 is 0. The maximum atomic E-state index is 11.4. The largest absolute Gasteiger partial charge is 0.481 e. The Balaban J connectivity index is 2.41. The molecule has 1 aliphatic rings. The summed E-state index contributed by atoms with van der Waals surface area (Å²) < 4.78 is 0. The van der Waals surface area contributed by atoms with Crippen LogP contribution in [0.5, 0.6) is 0 Å². The van der Waals surface area contributed by atoms with Gasteiger partial charge in [0.1, 0.15) is 0 Å². The Labute approximate surface area is 124 Å². The zero-order chi connectivity index (χ0) is 15.4. The highest BCUT2D eigenvalue weighted by atomic mass is 16.4. The summed E-state index contributed by atoms with van der Waals surface area (Å²) in [5, 5.41) is 18.2. The van der Waals surface area contributed by atoms with Crippen molar-refractivity contribution in [1.29, 1.82) is 0 Å². The molecule has 21 heavy (non-hydrogen) atoms. The van der Waals surface area contributed by atoms with E-state index < -0.39 is 11.9 Å². The second-order valence-electron chi connectivity index (χ2n) is 5.45. The lowest BCUT2D eigenvalue weighted by Gasteiger charge is -2.20. The van der Waals surface area contributed by atoms with Gasteiger partial charge >= 0.3 is 11.9 Å². The van der Waals surface area contributed by atoms with Crippen LogP contribution >= 0.6 is 0 Å². The van der Waals surface area contributed by atoms with Crippen molar-refractivity contribution in [1.82, 2.24) is 0 Å². The Morgan fingerprint density at radius 3 is 2.52 bits per heavy atom. The molecule has 112 valence electrons. The maximum absolute atomic E-state index is 11.4. The van der Waals surface area contributed by atoms with Gasteiger partial charge in [0.05, 0.1) is 0 Å². The SMILES string of the molecule is Cc1c(CCC(=O)O)cccc1C1=C(C(=O)O)CCCC1. The minimum Gasteiger partial charge on any atom is -0.481 e. The van der Waals surface area contributed by atoms with Crippen molar-refractivity contribution in [3.8, 4) is 0 Å². The molecule has 0 fully saturated rings. The fourth-order valence-corrected chi connectivity index (χ4v) is 2.96. The zero-order valence-electron chi connectivity index (χ0n) is 12.2. The van der Waals surface area contributed by atoms with E-state index in [1.165, 1.54) is 0 Å². The van der Waals surface area contributed by atoms with Crippen molar-refractivity contribution in [2.45, 2.75) is 45.4 Å². The number of hydrogen-bond donors (Lipinski definition) is 2. The minimum absolute atomic E-state index is 0.0924. The third kappa shape index (κ3) is 3.51. The van der Waals surface area contributed by atoms with Gasteiger partial charge in [-0.2, -0.15) is 0 Å². The monoisotopic (exact) mass is 288 g/mol. The normalized spacial score (nSPS) is 15.1. The summed E-state index contributed by atoms with van der Waals surface area (Å²) in [6.45, 7) is 1.95. The van der Waals surface area contributed by atoms with E-state index in [1.807, 2.05) is 25.1 Å². The highest BCUT2D eigenvalue weighted by Crippen LogP contribution is 2.35. The van der Waals surface area contributed by atoms with E-state index in [2.05, 4.69) is 0 Å². The smallest absolute Gasteiger partial charge is 0.331 e. The van der Waals surface area contributed by atoms with Crippen LogP contribution in [0.25, 0.3) is 5.57 Å². The van der Waals surface area contributed by atoms with E-state index in [0.717, 1.165) is 41.5 Å². The van der Waals surface area contributed by atoms with Gasteiger partial charge < -0.3 is 10.2 Å². The molecule has 4 nitrogen and oxygen atoms in total. The molecule has 0 atom stereocenters. The van der Waals surface area contributed by atoms with Gasteiger partial charge in [0.25, 0.3) is 0 Å². The lowest BCUT2D eigenvalue weighted by molar-refractivity contribution is -0.137. The van der Waals surface area contributed by atoms with Gasteiger partial charge in [-0.3, -0.25) is 4.79 Å². The van der Waals surface area contributed by atoms with Crippen molar-refractivity contribution < 1.29 is 19.8 Å². The molecule has 0 saturated heterocycles. The molecule has 4 heteroatoms. The Bertz CT molecular complexity index is 599. The fraction of sp³-hybridized carbons (Fsp3) is 0.412. The molecule has 2 N–H and O–H groups in total. The molecular formula is C17H20O4. The average Bonchev–Trinajstić information content (AvgIpc) is 2.46. The average molecular weight is 288 g/mol. The molecule has 0 radical (unpaired) electrons. The summed E-state index contributed by atoms with van der Waals surface area (Å²) in [4.78, 5) is 22.1. The molecule has 0 heterocycles. The molecule has 0 aromatic heterocycles. The van der Waals surface area contributed by atoms with Gasteiger partial charge in [0.2, 0.25) is 0 Å². The standard InChI is InChI=1S/C17H20O4/c1-11-12(9-10-16(18)19)5-4-8-13(11)14-6-2-3-7-15(14)17(20)21/h4-5,8H,2-3,6-7,9-10H2,1H3,(H,18,19)(H,20,21). The van der Waals surface area contributed by atoms with E-state index in [0.29, 0.717) is 18.4 Å². The highest BCUT2D eigenvalue weighted by molar-refractivity contribution is 5.97. The molecule has 0 unspecified atom stereocenters. The van der Waals surface area contributed by atoms with E-state index >= 15 is 0 Å². The first-order chi connectivity index (χ1) is 10.0. The number of carboxylic acid groups (broad SMARTS) is 2. The predicted molar refractivity (Wildman–Crippen MR) is 80.2 cm³/mol. The molecule has 0 amide bonds. The molecular weight excluding hydrogens is 268 g/mol. The van der Waals surface area contributed by atoms with Crippen LogP contribution in [0.1, 0.15) is 48.8 Å². The van der Waals surface area contributed by atoms with Crippen molar-refractivity contribution in [3.63, 3.8) is 0 Å². The third-order valence-electron chi connectivity index (χ3n) is 4.11. The van der Waals surface area contributed by atoms with Gasteiger partial charge in [0.15, 0.2) is 0 Å². The first kappa shape index (κ1) is 15.3. The van der Waals surface area contributed by atoms with Gasteiger partial charge in [0, 0.05) is 12.0 Å². The summed E-state index contributed by atoms with van der Waals surface area (Å²) in [7, 11) is 0. The molecule has 1 aliphatic carbocycles. The number of rotatable bonds is 5. The van der Waals surface area contributed by atoms with Crippen LogP contribution in [0.4, 0.5) is 0 Å². The molecule has 0 saturated carbocycles. The molecule has 0 bridgehead atoms. The van der Waals surface area contributed by atoms with Crippen LogP contribution < -0.4 is 0 Å². The fourth-order valence-electron chi connectivity index (χ4n) is 2.96.